The van der Waals surface area contributed by atoms with Crippen LogP contribution in [0.4, 0.5) is 4.79 Å². The first-order valence-electron chi connectivity index (χ1n) is 6.32. The third kappa shape index (κ3) is 3.15. The zero-order valence-electron chi connectivity index (χ0n) is 12.2. The first-order chi connectivity index (χ1) is 8.15. The Labute approximate surface area is 109 Å². The summed E-state index contributed by atoms with van der Waals surface area (Å²) in [6, 6.07) is -0.114. The van der Waals surface area contributed by atoms with Gasteiger partial charge in [0.2, 0.25) is 0 Å². The average molecular weight is 256 g/mol. The topological polar surface area (TPSA) is 49.9 Å². The minimum Gasteiger partial charge on any atom is -0.441 e. The summed E-state index contributed by atoms with van der Waals surface area (Å²) in [6.45, 7) is 8.52. The Morgan fingerprint density at radius 3 is 2.50 bits per heavy atom. The first kappa shape index (κ1) is 14.8. The Balaban J connectivity index is 2.78. The monoisotopic (exact) mass is 256 g/mol. The van der Waals surface area contributed by atoms with E-state index in [0.717, 1.165) is 0 Å². The summed E-state index contributed by atoms with van der Waals surface area (Å²) in [6.07, 6.45) is -0.114. The van der Waals surface area contributed by atoms with E-state index in [1.165, 1.54) is 4.90 Å². The fourth-order valence-corrected chi connectivity index (χ4v) is 2.40. The Morgan fingerprint density at radius 2 is 2.00 bits per heavy atom. The van der Waals surface area contributed by atoms with Gasteiger partial charge in [0.05, 0.1) is 0 Å². The molecule has 1 rings (SSSR count). The van der Waals surface area contributed by atoms with E-state index in [2.05, 4.69) is 0 Å². The Hall–Kier alpha value is -1.26. The number of carbonyl (C=O) groups excluding carboxylic acids is 2. The van der Waals surface area contributed by atoms with Crippen LogP contribution in [0.5, 0.6) is 0 Å². The van der Waals surface area contributed by atoms with E-state index in [-0.39, 0.29) is 23.3 Å². The number of nitrogens with zero attached hydrogens (tertiary/aromatic N) is 2. The Morgan fingerprint density at radius 1 is 1.44 bits per heavy atom. The molecule has 1 atom stereocenters. The number of rotatable bonds is 3. The highest BCUT2D eigenvalue weighted by atomic mass is 16.6. The number of hydrogen-bond donors (Lipinski definition) is 0. The Kier molecular flexibility index (Phi) is 4.24. The largest absolute Gasteiger partial charge is 0.441 e. The van der Waals surface area contributed by atoms with Crippen LogP contribution in [0.2, 0.25) is 0 Å². The number of hydrogen-bond acceptors (Lipinski definition) is 3. The van der Waals surface area contributed by atoms with Crippen molar-refractivity contribution < 1.29 is 14.3 Å². The Bertz CT molecular complexity index is 339. The van der Waals surface area contributed by atoms with Gasteiger partial charge in [0.25, 0.3) is 0 Å². The SMILES string of the molecule is CC(C)CC(=O)OC1N(C)C(=O)N(C)CC1(C)C. The molecule has 0 aromatic carbocycles. The summed E-state index contributed by atoms with van der Waals surface area (Å²) in [5.41, 5.74) is -0.274. The fraction of sp³-hybridized carbons (Fsp3) is 0.846. The number of esters is 1. The van der Waals surface area contributed by atoms with Crippen molar-refractivity contribution in [3.63, 3.8) is 0 Å². The second kappa shape index (κ2) is 5.16. The molecule has 18 heavy (non-hydrogen) atoms. The minimum atomic E-state index is -0.493. The fourth-order valence-electron chi connectivity index (χ4n) is 2.40. The number of amides is 2. The molecule has 0 saturated carbocycles. The average Bonchev–Trinajstić information content (AvgIpc) is 2.20. The van der Waals surface area contributed by atoms with Crippen molar-refractivity contribution in [3.05, 3.63) is 0 Å². The second-order valence-electron chi connectivity index (χ2n) is 6.18. The highest BCUT2D eigenvalue weighted by Gasteiger charge is 2.44. The van der Waals surface area contributed by atoms with Crippen LogP contribution in [-0.4, -0.2) is 48.7 Å². The standard InChI is InChI=1S/C13H24N2O3/c1-9(2)7-10(16)18-11-13(3,4)8-14(5)12(17)15(11)6/h9,11H,7-8H2,1-6H3. The molecule has 104 valence electrons. The van der Waals surface area contributed by atoms with Gasteiger partial charge in [-0.05, 0) is 5.92 Å². The van der Waals surface area contributed by atoms with Crippen molar-refractivity contribution in [3.8, 4) is 0 Å². The molecule has 1 heterocycles. The third-order valence-corrected chi connectivity index (χ3v) is 3.11. The summed E-state index contributed by atoms with van der Waals surface area (Å²) in [7, 11) is 3.43. The lowest BCUT2D eigenvalue weighted by molar-refractivity contribution is -0.173. The van der Waals surface area contributed by atoms with Crippen LogP contribution in [0.1, 0.15) is 34.1 Å². The van der Waals surface area contributed by atoms with Crippen LogP contribution >= 0.6 is 0 Å². The lowest BCUT2D eigenvalue weighted by Crippen LogP contribution is -2.61. The van der Waals surface area contributed by atoms with Crippen LogP contribution in [0.15, 0.2) is 0 Å². The molecule has 1 fully saturated rings. The van der Waals surface area contributed by atoms with Crippen LogP contribution in [0.25, 0.3) is 0 Å². The lowest BCUT2D eigenvalue weighted by Gasteiger charge is -2.47. The van der Waals surface area contributed by atoms with Gasteiger partial charge in [-0.25, -0.2) is 4.79 Å². The molecule has 1 unspecified atom stereocenters. The minimum absolute atomic E-state index is 0.114. The van der Waals surface area contributed by atoms with E-state index in [1.54, 1.807) is 19.0 Å². The highest BCUT2D eigenvalue weighted by Crippen LogP contribution is 2.31. The second-order valence-corrected chi connectivity index (χ2v) is 6.18. The summed E-state index contributed by atoms with van der Waals surface area (Å²) in [5.74, 6) is 0.0140. The third-order valence-electron chi connectivity index (χ3n) is 3.11. The summed E-state index contributed by atoms with van der Waals surface area (Å²) in [4.78, 5) is 26.8. The van der Waals surface area contributed by atoms with Crippen LogP contribution < -0.4 is 0 Å². The summed E-state index contributed by atoms with van der Waals surface area (Å²) >= 11 is 0. The molecular formula is C13H24N2O3. The van der Waals surface area contributed by atoms with Gasteiger partial charge >= 0.3 is 12.0 Å². The quantitative estimate of drug-likeness (QED) is 0.725. The van der Waals surface area contributed by atoms with E-state index in [4.69, 9.17) is 4.74 Å². The van der Waals surface area contributed by atoms with Crippen molar-refractivity contribution in [1.29, 1.82) is 0 Å². The van der Waals surface area contributed by atoms with Gasteiger partial charge < -0.3 is 9.64 Å². The molecule has 1 aliphatic heterocycles. The van der Waals surface area contributed by atoms with E-state index < -0.39 is 6.23 Å². The first-order valence-corrected chi connectivity index (χ1v) is 6.32. The van der Waals surface area contributed by atoms with E-state index >= 15 is 0 Å². The van der Waals surface area contributed by atoms with Gasteiger partial charge in [0, 0.05) is 32.5 Å². The van der Waals surface area contributed by atoms with Crippen LogP contribution in [0, 0.1) is 11.3 Å². The molecule has 0 aromatic heterocycles. The van der Waals surface area contributed by atoms with E-state index in [0.29, 0.717) is 13.0 Å². The van der Waals surface area contributed by atoms with Gasteiger partial charge in [0.15, 0.2) is 6.23 Å². The molecule has 1 aliphatic rings. The zero-order chi connectivity index (χ0) is 14.1. The molecule has 1 saturated heterocycles. The molecule has 0 bridgehead atoms. The van der Waals surface area contributed by atoms with Crippen molar-refractivity contribution >= 4 is 12.0 Å². The molecule has 0 spiro atoms. The van der Waals surface area contributed by atoms with E-state index in [9.17, 15) is 9.59 Å². The lowest BCUT2D eigenvalue weighted by atomic mass is 9.88. The maximum Gasteiger partial charge on any atom is 0.322 e. The molecule has 5 nitrogen and oxygen atoms in total. The molecule has 0 aliphatic carbocycles. The highest BCUT2D eigenvalue weighted by molar-refractivity contribution is 5.76. The molecule has 2 amide bonds. The predicted octanol–water partition coefficient (Wildman–Crippen LogP) is 1.93. The van der Waals surface area contributed by atoms with Gasteiger partial charge in [-0.15, -0.1) is 0 Å². The van der Waals surface area contributed by atoms with Crippen molar-refractivity contribution in [2.45, 2.75) is 40.3 Å². The van der Waals surface area contributed by atoms with Gasteiger partial charge in [-0.1, -0.05) is 27.7 Å². The smallest absolute Gasteiger partial charge is 0.322 e. The normalized spacial score (nSPS) is 23.5. The molecule has 0 radical (unpaired) electrons. The van der Waals surface area contributed by atoms with Crippen LogP contribution in [0.3, 0.4) is 0 Å². The zero-order valence-corrected chi connectivity index (χ0v) is 12.2. The van der Waals surface area contributed by atoms with Gasteiger partial charge in [-0.2, -0.15) is 0 Å². The summed E-state index contributed by atoms with van der Waals surface area (Å²) < 4.78 is 5.49. The number of urea groups is 1. The van der Waals surface area contributed by atoms with Crippen LogP contribution in [-0.2, 0) is 9.53 Å². The molecule has 0 N–H and O–H groups in total. The summed E-state index contributed by atoms with van der Waals surface area (Å²) in [5, 5.41) is 0. The molecule has 0 aromatic rings. The van der Waals surface area contributed by atoms with Crippen molar-refractivity contribution in [2.24, 2.45) is 11.3 Å². The van der Waals surface area contributed by atoms with Gasteiger partial charge in [-0.3, -0.25) is 9.69 Å². The van der Waals surface area contributed by atoms with E-state index in [1.807, 2.05) is 27.7 Å². The maximum absolute atomic E-state index is 11.9. The molecular weight excluding hydrogens is 232 g/mol. The number of carbonyl (C=O) groups is 2. The van der Waals surface area contributed by atoms with Crippen molar-refractivity contribution in [1.82, 2.24) is 9.80 Å². The number of ether oxygens (including phenoxy) is 1. The van der Waals surface area contributed by atoms with Crippen molar-refractivity contribution in [2.75, 3.05) is 20.6 Å². The van der Waals surface area contributed by atoms with Gasteiger partial charge in [0.1, 0.15) is 0 Å². The predicted molar refractivity (Wildman–Crippen MR) is 68.9 cm³/mol. The maximum atomic E-state index is 11.9. The molecule has 5 heteroatoms.